The van der Waals surface area contributed by atoms with Crippen LogP contribution >= 0.6 is 11.3 Å². The molecule has 0 fully saturated rings. The average Bonchev–Trinajstić information content (AvgIpc) is 3.42. The maximum atomic E-state index is 13.7. The van der Waals surface area contributed by atoms with Crippen LogP contribution in [0.2, 0.25) is 0 Å². The van der Waals surface area contributed by atoms with Gasteiger partial charge >= 0.3 is 0 Å². The molecule has 4 nitrogen and oxygen atoms in total. The van der Waals surface area contributed by atoms with Crippen molar-refractivity contribution in [3.63, 3.8) is 0 Å². The van der Waals surface area contributed by atoms with Crippen LogP contribution in [0.4, 0.5) is 0 Å². The van der Waals surface area contributed by atoms with Gasteiger partial charge in [-0.2, -0.15) is 4.31 Å². The summed E-state index contributed by atoms with van der Waals surface area (Å²) in [5.74, 6) is -0.112. The molecule has 0 radical (unpaired) electrons. The Balaban J connectivity index is 1.86. The second kappa shape index (κ2) is 8.30. The number of aryl methyl sites for hydroxylation is 1. The molecule has 0 saturated heterocycles. The zero-order chi connectivity index (χ0) is 21.3. The van der Waals surface area contributed by atoms with E-state index in [1.807, 2.05) is 61.7 Å². The average molecular weight is 438 g/mol. The predicted octanol–water partition coefficient (Wildman–Crippen LogP) is 5.39. The second-order valence-electron chi connectivity index (χ2n) is 7.37. The third kappa shape index (κ3) is 3.67. The van der Waals surface area contributed by atoms with Gasteiger partial charge in [0.15, 0.2) is 0 Å². The Morgan fingerprint density at radius 1 is 1.00 bits per heavy atom. The second-order valence-corrected chi connectivity index (χ2v) is 10.2. The molecule has 1 aliphatic heterocycles. The van der Waals surface area contributed by atoms with Crippen molar-refractivity contribution < 1.29 is 13.2 Å². The maximum absolute atomic E-state index is 13.7. The van der Waals surface area contributed by atoms with Crippen LogP contribution < -0.4 is 0 Å². The van der Waals surface area contributed by atoms with Crippen molar-refractivity contribution in [2.24, 2.45) is 0 Å². The van der Waals surface area contributed by atoms with E-state index in [1.54, 1.807) is 30.3 Å². The zero-order valence-corrected chi connectivity index (χ0v) is 18.5. The number of rotatable bonds is 6. The molecule has 2 heterocycles. The molecule has 0 aliphatic carbocycles. The maximum Gasteiger partial charge on any atom is 0.244 e. The third-order valence-electron chi connectivity index (χ3n) is 5.39. The normalized spacial score (nSPS) is 19.6. The van der Waals surface area contributed by atoms with Crippen LogP contribution in [-0.4, -0.2) is 24.5 Å². The number of carbonyl (C=O) groups is 1. The fourth-order valence-corrected chi connectivity index (χ4v) is 6.35. The molecule has 6 heteroatoms. The summed E-state index contributed by atoms with van der Waals surface area (Å²) in [6.45, 7) is 3.87. The Labute approximate surface area is 181 Å². The Bertz CT molecular complexity index is 1160. The van der Waals surface area contributed by atoms with E-state index < -0.39 is 16.1 Å². The molecule has 2 aromatic carbocycles. The smallest absolute Gasteiger partial charge is 0.244 e. The van der Waals surface area contributed by atoms with Gasteiger partial charge in [-0.25, -0.2) is 8.42 Å². The summed E-state index contributed by atoms with van der Waals surface area (Å²) in [5.41, 5.74) is 2.31. The van der Waals surface area contributed by atoms with E-state index in [2.05, 4.69) is 0 Å². The lowest BCUT2D eigenvalue weighted by molar-refractivity contribution is 0.102. The molecule has 154 valence electrons. The lowest BCUT2D eigenvalue weighted by atomic mass is 9.97. The highest BCUT2D eigenvalue weighted by Gasteiger charge is 2.45. The Morgan fingerprint density at radius 3 is 2.30 bits per heavy atom. The van der Waals surface area contributed by atoms with Gasteiger partial charge in [0.05, 0.1) is 15.8 Å². The molecule has 1 aliphatic rings. The first-order valence-corrected chi connectivity index (χ1v) is 12.2. The predicted molar refractivity (Wildman–Crippen MR) is 120 cm³/mol. The van der Waals surface area contributed by atoms with Gasteiger partial charge in [0, 0.05) is 11.6 Å². The largest absolute Gasteiger partial charge is 0.288 e. The van der Waals surface area contributed by atoms with Gasteiger partial charge < -0.3 is 0 Å². The van der Waals surface area contributed by atoms with Crippen LogP contribution in [0.1, 0.15) is 40.2 Å². The summed E-state index contributed by atoms with van der Waals surface area (Å²) in [7, 11) is -3.82. The van der Waals surface area contributed by atoms with Crippen molar-refractivity contribution in [3.05, 3.63) is 99.8 Å². The van der Waals surface area contributed by atoms with Gasteiger partial charge in [-0.05, 0) is 42.5 Å². The number of sulfonamides is 1. The highest BCUT2D eigenvalue weighted by atomic mass is 32.2. The lowest BCUT2D eigenvalue weighted by Gasteiger charge is -2.30. The van der Waals surface area contributed by atoms with Crippen LogP contribution in [0.15, 0.2) is 88.7 Å². The van der Waals surface area contributed by atoms with Gasteiger partial charge in [-0.15, -0.1) is 11.3 Å². The van der Waals surface area contributed by atoms with Gasteiger partial charge in [0.2, 0.25) is 15.8 Å². The number of nitrogens with zero attached hydrogens (tertiary/aromatic N) is 1. The highest BCUT2D eigenvalue weighted by molar-refractivity contribution is 7.89. The third-order valence-corrected chi connectivity index (χ3v) is 8.16. The van der Waals surface area contributed by atoms with Crippen LogP contribution in [0.5, 0.6) is 0 Å². The molecule has 0 bridgehead atoms. The Morgan fingerprint density at radius 2 is 1.70 bits per heavy atom. The topological polar surface area (TPSA) is 54.5 Å². The van der Waals surface area contributed by atoms with E-state index in [0.717, 1.165) is 11.1 Å². The van der Waals surface area contributed by atoms with Gasteiger partial charge in [0.25, 0.3) is 0 Å². The van der Waals surface area contributed by atoms with Gasteiger partial charge in [-0.3, -0.25) is 4.79 Å². The van der Waals surface area contributed by atoms with Crippen LogP contribution in [0, 0.1) is 6.92 Å². The van der Waals surface area contributed by atoms with Crippen molar-refractivity contribution in [1.29, 1.82) is 0 Å². The molecule has 0 N–H and O–H groups in total. The summed E-state index contributed by atoms with van der Waals surface area (Å²) >= 11 is 1.37. The van der Waals surface area contributed by atoms with Crippen molar-refractivity contribution in [2.45, 2.75) is 37.2 Å². The molecule has 1 aromatic heterocycles. The van der Waals surface area contributed by atoms with Gasteiger partial charge in [-0.1, -0.05) is 67.1 Å². The number of thiophene rings is 1. The first kappa shape index (κ1) is 20.7. The first-order valence-electron chi connectivity index (χ1n) is 9.88. The standard InChI is InChI=1S/C24H23NO3S2/c1-3-19-16-21(24(26)22-10-7-15-29-22)23(18-8-5-4-6-9-18)25(19)30(27,28)20-13-11-17(2)12-14-20/h4-16,19,23H,3H2,1-2H3/t19-,23+/m1/s1. The van der Waals surface area contributed by atoms with Crippen molar-refractivity contribution >= 4 is 27.1 Å². The molecule has 0 unspecified atom stereocenters. The van der Waals surface area contributed by atoms with E-state index in [4.69, 9.17) is 0 Å². The molecule has 3 aromatic rings. The molecule has 0 spiro atoms. The van der Waals surface area contributed by atoms with Crippen molar-refractivity contribution in [2.75, 3.05) is 0 Å². The molecule has 0 amide bonds. The Kier molecular flexibility index (Phi) is 5.73. The number of hydrogen-bond acceptors (Lipinski definition) is 4. The molecular weight excluding hydrogens is 414 g/mol. The van der Waals surface area contributed by atoms with Crippen molar-refractivity contribution in [3.8, 4) is 0 Å². The minimum atomic E-state index is -3.82. The summed E-state index contributed by atoms with van der Waals surface area (Å²) < 4.78 is 29.0. The monoisotopic (exact) mass is 437 g/mol. The number of carbonyl (C=O) groups excluding carboxylic acids is 1. The highest BCUT2D eigenvalue weighted by Crippen LogP contribution is 2.43. The quantitative estimate of drug-likeness (QED) is 0.486. The Hall–Kier alpha value is -2.54. The van der Waals surface area contributed by atoms with Gasteiger partial charge in [0.1, 0.15) is 0 Å². The number of ketones is 1. The molecule has 4 rings (SSSR count). The summed E-state index contributed by atoms with van der Waals surface area (Å²) in [6.07, 6.45) is 2.42. The minimum Gasteiger partial charge on any atom is -0.288 e. The SMILES string of the molecule is CC[C@@H]1C=C(C(=O)c2cccs2)[C@H](c2ccccc2)N1S(=O)(=O)c1ccc(C)cc1. The fraction of sp³-hybridized carbons (Fsp3) is 0.208. The molecule has 30 heavy (non-hydrogen) atoms. The summed E-state index contributed by atoms with van der Waals surface area (Å²) in [4.78, 5) is 14.2. The van der Waals surface area contributed by atoms with Crippen LogP contribution in [0.3, 0.4) is 0 Å². The molecular formula is C24H23NO3S2. The zero-order valence-electron chi connectivity index (χ0n) is 16.9. The van der Waals surface area contributed by atoms with E-state index >= 15 is 0 Å². The summed E-state index contributed by atoms with van der Waals surface area (Å²) in [6, 6.07) is 18.9. The summed E-state index contributed by atoms with van der Waals surface area (Å²) in [5, 5.41) is 1.86. The van der Waals surface area contributed by atoms with E-state index in [1.165, 1.54) is 15.6 Å². The van der Waals surface area contributed by atoms with E-state index in [9.17, 15) is 13.2 Å². The van der Waals surface area contributed by atoms with E-state index in [0.29, 0.717) is 16.9 Å². The number of hydrogen-bond donors (Lipinski definition) is 0. The minimum absolute atomic E-state index is 0.112. The number of benzene rings is 2. The lowest BCUT2D eigenvalue weighted by Crippen LogP contribution is -2.38. The number of Topliss-reactive ketones (excluding diaryl/α,β-unsaturated/α-hetero) is 1. The van der Waals surface area contributed by atoms with Crippen molar-refractivity contribution in [1.82, 2.24) is 4.31 Å². The molecule has 2 atom stereocenters. The van der Waals surface area contributed by atoms with E-state index in [-0.39, 0.29) is 16.7 Å². The van der Waals surface area contributed by atoms with Crippen LogP contribution in [0.25, 0.3) is 0 Å². The fourth-order valence-electron chi connectivity index (χ4n) is 3.86. The first-order chi connectivity index (χ1) is 14.4. The van der Waals surface area contributed by atoms with Crippen LogP contribution in [-0.2, 0) is 10.0 Å². The molecule has 0 saturated carbocycles.